The molecule has 1 aromatic rings. The van der Waals surface area contributed by atoms with E-state index in [1.54, 1.807) is 0 Å². The fourth-order valence-electron chi connectivity index (χ4n) is 2.49. The van der Waals surface area contributed by atoms with Gasteiger partial charge in [0.1, 0.15) is 0 Å². The first-order valence-electron chi connectivity index (χ1n) is 6.86. The Morgan fingerprint density at radius 2 is 2.37 bits per heavy atom. The van der Waals surface area contributed by atoms with E-state index < -0.39 is 0 Å². The molecule has 0 aromatic heterocycles. The Morgan fingerprint density at radius 3 is 3.11 bits per heavy atom. The van der Waals surface area contributed by atoms with Crippen LogP contribution in [0.4, 0.5) is 5.69 Å². The second-order valence-electron chi connectivity index (χ2n) is 4.90. The van der Waals surface area contributed by atoms with E-state index in [0.29, 0.717) is 0 Å². The Bertz CT molecular complexity index is 436. The summed E-state index contributed by atoms with van der Waals surface area (Å²) in [6.07, 6.45) is 4.49. The fourth-order valence-corrected chi connectivity index (χ4v) is 2.86. The summed E-state index contributed by atoms with van der Waals surface area (Å²) >= 11 is 3.41. The highest BCUT2D eigenvalue weighted by Gasteiger charge is 2.22. The molecule has 1 aliphatic rings. The van der Waals surface area contributed by atoms with E-state index >= 15 is 0 Å². The Labute approximate surface area is 123 Å². The zero-order valence-electron chi connectivity index (χ0n) is 11.3. The molecule has 0 saturated carbocycles. The topological polar surface area (TPSA) is 29.5 Å². The van der Waals surface area contributed by atoms with Crippen LogP contribution in [0, 0.1) is 0 Å². The van der Waals surface area contributed by atoms with Gasteiger partial charge in [0.25, 0.3) is 0 Å². The van der Waals surface area contributed by atoms with Crippen LogP contribution in [0.1, 0.15) is 36.5 Å². The van der Waals surface area contributed by atoms with Crippen LogP contribution in [-0.4, -0.2) is 32.1 Å². The van der Waals surface area contributed by atoms with Crippen LogP contribution in [0.25, 0.3) is 0 Å². The number of hydrogen-bond donors (Lipinski definition) is 0. The second-order valence-corrected chi connectivity index (χ2v) is 5.82. The minimum atomic E-state index is 0.289. The number of carbonyl (C=O) groups is 1. The number of ether oxygens (including phenoxy) is 1. The number of piperidine rings is 1. The largest absolute Gasteiger partial charge is 0.376 e. The van der Waals surface area contributed by atoms with Gasteiger partial charge in [-0.25, -0.2) is 0 Å². The summed E-state index contributed by atoms with van der Waals surface area (Å²) in [5.74, 6) is 0. The Balaban J connectivity index is 2.10. The SMILES string of the molecule is CCCOC1CCCN(c2ccc(Br)cc2C=O)C1. The Morgan fingerprint density at radius 1 is 1.53 bits per heavy atom. The van der Waals surface area contributed by atoms with Crippen LogP contribution in [0.2, 0.25) is 0 Å². The van der Waals surface area contributed by atoms with E-state index in [1.165, 1.54) is 0 Å². The molecule has 104 valence electrons. The predicted octanol–water partition coefficient (Wildman–Crippen LogP) is 3.66. The van der Waals surface area contributed by atoms with E-state index in [4.69, 9.17) is 4.74 Å². The van der Waals surface area contributed by atoms with Crippen molar-refractivity contribution in [3.05, 3.63) is 28.2 Å². The van der Waals surface area contributed by atoms with Crippen molar-refractivity contribution >= 4 is 27.9 Å². The van der Waals surface area contributed by atoms with Gasteiger partial charge in [0, 0.05) is 35.4 Å². The zero-order valence-corrected chi connectivity index (χ0v) is 12.9. The molecule has 1 fully saturated rings. The van der Waals surface area contributed by atoms with E-state index in [2.05, 4.69) is 27.8 Å². The minimum Gasteiger partial charge on any atom is -0.376 e. The van der Waals surface area contributed by atoms with Crippen LogP contribution in [-0.2, 0) is 4.74 Å². The van der Waals surface area contributed by atoms with Gasteiger partial charge in [0.2, 0.25) is 0 Å². The first kappa shape index (κ1) is 14.5. The number of halogens is 1. The van der Waals surface area contributed by atoms with Crippen LogP contribution in [0.3, 0.4) is 0 Å². The van der Waals surface area contributed by atoms with Crippen molar-refractivity contribution < 1.29 is 9.53 Å². The van der Waals surface area contributed by atoms with E-state index in [0.717, 1.165) is 61.0 Å². The maximum atomic E-state index is 11.2. The standard InChI is InChI=1S/C15H20BrNO2/c1-2-8-19-14-4-3-7-17(10-14)15-6-5-13(16)9-12(15)11-18/h5-6,9,11,14H,2-4,7-8,10H2,1H3. The molecular weight excluding hydrogens is 306 g/mol. The minimum absolute atomic E-state index is 0.289. The van der Waals surface area contributed by atoms with Crippen molar-refractivity contribution in [2.24, 2.45) is 0 Å². The van der Waals surface area contributed by atoms with Gasteiger partial charge in [-0.1, -0.05) is 22.9 Å². The van der Waals surface area contributed by atoms with Crippen molar-refractivity contribution in [2.45, 2.75) is 32.3 Å². The molecule has 0 spiro atoms. The third-order valence-electron chi connectivity index (χ3n) is 3.39. The highest BCUT2D eigenvalue weighted by Crippen LogP contribution is 2.26. The number of hydrogen-bond acceptors (Lipinski definition) is 3. The third-order valence-corrected chi connectivity index (χ3v) is 3.89. The summed E-state index contributed by atoms with van der Waals surface area (Å²) in [5.41, 5.74) is 1.76. The lowest BCUT2D eigenvalue weighted by atomic mass is 10.1. The van der Waals surface area contributed by atoms with E-state index in [9.17, 15) is 4.79 Å². The number of nitrogens with zero attached hydrogens (tertiary/aromatic N) is 1. The summed E-state index contributed by atoms with van der Waals surface area (Å²) in [6, 6.07) is 5.87. The molecule has 19 heavy (non-hydrogen) atoms. The average Bonchev–Trinajstić information content (AvgIpc) is 2.45. The molecule has 0 radical (unpaired) electrons. The maximum Gasteiger partial charge on any atom is 0.152 e. The van der Waals surface area contributed by atoms with Gasteiger partial charge >= 0.3 is 0 Å². The van der Waals surface area contributed by atoms with Crippen LogP contribution >= 0.6 is 15.9 Å². The highest BCUT2D eigenvalue weighted by molar-refractivity contribution is 9.10. The van der Waals surface area contributed by atoms with Gasteiger partial charge in [-0.3, -0.25) is 4.79 Å². The molecule has 2 rings (SSSR count). The quantitative estimate of drug-likeness (QED) is 0.774. The first-order valence-corrected chi connectivity index (χ1v) is 7.65. The van der Waals surface area contributed by atoms with Gasteiger partial charge < -0.3 is 9.64 Å². The molecule has 4 heteroatoms. The zero-order chi connectivity index (χ0) is 13.7. The lowest BCUT2D eigenvalue weighted by Crippen LogP contribution is -2.40. The first-order chi connectivity index (χ1) is 9.24. The van der Waals surface area contributed by atoms with Gasteiger partial charge in [-0.05, 0) is 37.5 Å². The van der Waals surface area contributed by atoms with E-state index in [1.807, 2.05) is 18.2 Å². The molecule has 0 aliphatic carbocycles. The maximum absolute atomic E-state index is 11.2. The summed E-state index contributed by atoms with van der Waals surface area (Å²) in [6.45, 7) is 4.82. The summed E-state index contributed by atoms with van der Waals surface area (Å²) in [5, 5.41) is 0. The van der Waals surface area contributed by atoms with Crippen LogP contribution < -0.4 is 4.90 Å². The molecule has 1 heterocycles. The summed E-state index contributed by atoms with van der Waals surface area (Å²) < 4.78 is 6.78. The van der Waals surface area contributed by atoms with Crippen molar-refractivity contribution in [2.75, 3.05) is 24.6 Å². The van der Waals surface area contributed by atoms with Gasteiger partial charge in [0.15, 0.2) is 6.29 Å². The van der Waals surface area contributed by atoms with Crippen molar-refractivity contribution in [3.8, 4) is 0 Å². The lowest BCUT2D eigenvalue weighted by molar-refractivity contribution is 0.0440. The number of benzene rings is 1. The Kier molecular flexibility index (Phi) is 5.40. The Hall–Kier alpha value is -0.870. The van der Waals surface area contributed by atoms with Gasteiger partial charge in [0.05, 0.1) is 6.10 Å². The molecule has 1 unspecified atom stereocenters. The highest BCUT2D eigenvalue weighted by atomic mass is 79.9. The number of carbonyl (C=O) groups excluding carboxylic acids is 1. The van der Waals surface area contributed by atoms with Crippen molar-refractivity contribution in [3.63, 3.8) is 0 Å². The molecule has 1 atom stereocenters. The van der Waals surface area contributed by atoms with Crippen molar-refractivity contribution in [1.29, 1.82) is 0 Å². The van der Waals surface area contributed by atoms with Gasteiger partial charge in [-0.15, -0.1) is 0 Å². The third kappa shape index (κ3) is 3.80. The predicted molar refractivity (Wildman–Crippen MR) is 81.0 cm³/mol. The molecule has 1 saturated heterocycles. The normalized spacial score (nSPS) is 19.5. The van der Waals surface area contributed by atoms with Crippen molar-refractivity contribution in [1.82, 2.24) is 0 Å². The van der Waals surface area contributed by atoms with E-state index in [-0.39, 0.29) is 6.10 Å². The average molecular weight is 326 g/mol. The second kappa shape index (κ2) is 7.06. The molecule has 3 nitrogen and oxygen atoms in total. The van der Waals surface area contributed by atoms with Gasteiger partial charge in [-0.2, -0.15) is 0 Å². The summed E-state index contributed by atoms with van der Waals surface area (Å²) in [4.78, 5) is 13.5. The molecule has 1 aromatic carbocycles. The fraction of sp³-hybridized carbons (Fsp3) is 0.533. The number of rotatable bonds is 5. The molecule has 0 amide bonds. The molecule has 0 bridgehead atoms. The monoisotopic (exact) mass is 325 g/mol. The number of anilines is 1. The smallest absolute Gasteiger partial charge is 0.152 e. The lowest BCUT2D eigenvalue weighted by Gasteiger charge is -2.35. The number of aldehydes is 1. The molecule has 0 N–H and O–H groups in total. The van der Waals surface area contributed by atoms with Crippen LogP contribution in [0.15, 0.2) is 22.7 Å². The summed E-state index contributed by atoms with van der Waals surface area (Å²) in [7, 11) is 0. The molecule has 1 aliphatic heterocycles. The molecular formula is C15H20BrNO2. The van der Waals surface area contributed by atoms with Crippen LogP contribution in [0.5, 0.6) is 0 Å².